The van der Waals surface area contributed by atoms with E-state index in [-0.39, 0.29) is 0 Å². The average molecular weight is 280 g/mol. The summed E-state index contributed by atoms with van der Waals surface area (Å²) in [6.45, 7) is 3.35. The highest BCUT2D eigenvalue weighted by atomic mass is 32.2. The Morgan fingerprint density at radius 2 is 1.78 bits per heavy atom. The largest absolute Gasteiger partial charge is 0.498 e. The Labute approximate surface area is 113 Å². The Balaban J connectivity index is 2.06. The summed E-state index contributed by atoms with van der Waals surface area (Å²) in [7, 11) is 0. The van der Waals surface area contributed by atoms with Crippen molar-refractivity contribution >= 4 is 22.7 Å². The van der Waals surface area contributed by atoms with Crippen molar-refractivity contribution in [2.24, 2.45) is 0 Å². The van der Waals surface area contributed by atoms with Gasteiger partial charge in [0.1, 0.15) is 13.2 Å². The van der Waals surface area contributed by atoms with Crippen molar-refractivity contribution < 1.29 is 9.84 Å². The molecule has 0 unspecified atom stereocenters. The van der Waals surface area contributed by atoms with Crippen LogP contribution in [-0.4, -0.2) is 31.4 Å². The lowest BCUT2D eigenvalue weighted by Crippen LogP contribution is -2.37. The van der Waals surface area contributed by atoms with Crippen LogP contribution < -0.4 is 8.56 Å². The number of hydrogen-bond donors (Lipinski definition) is 1. The van der Waals surface area contributed by atoms with Gasteiger partial charge in [-0.05, 0) is 16.9 Å². The number of morpholine rings is 1. The van der Waals surface area contributed by atoms with Crippen LogP contribution in [0.5, 0.6) is 5.06 Å². The van der Waals surface area contributed by atoms with Crippen molar-refractivity contribution in [2.75, 3.05) is 26.3 Å². The highest BCUT2D eigenvalue weighted by molar-refractivity contribution is 7.30. The summed E-state index contributed by atoms with van der Waals surface area (Å²) in [5.41, 5.74) is 1.08. The van der Waals surface area contributed by atoms with E-state index in [1.54, 1.807) is 11.3 Å². The Hall–Kier alpha value is -1.17. The van der Waals surface area contributed by atoms with Crippen molar-refractivity contribution in [3.8, 4) is 15.5 Å². The van der Waals surface area contributed by atoms with Gasteiger partial charge in [0.05, 0.1) is 4.88 Å². The summed E-state index contributed by atoms with van der Waals surface area (Å²) in [5.74, 6) is 0. The van der Waals surface area contributed by atoms with Crippen LogP contribution in [0.4, 0.5) is 0 Å². The summed E-state index contributed by atoms with van der Waals surface area (Å²) in [5, 5.41) is 10.5. The van der Waals surface area contributed by atoms with Gasteiger partial charge in [0.25, 0.3) is 0 Å². The van der Waals surface area contributed by atoms with Crippen molar-refractivity contribution in [2.45, 2.75) is 0 Å². The molecule has 5 heteroatoms. The molecule has 0 radical (unpaired) electrons. The number of rotatable bonds is 1. The molecule has 0 atom stereocenters. The summed E-state index contributed by atoms with van der Waals surface area (Å²) >= 11 is 3.12. The molecule has 1 aliphatic rings. The molecule has 1 fully saturated rings. The second-order valence-electron chi connectivity index (χ2n) is 4.07. The van der Waals surface area contributed by atoms with Gasteiger partial charge < -0.3 is 9.84 Å². The van der Waals surface area contributed by atoms with Gasteiger partial charge in [-0.1, -0.05) is 41.7 Å². The van der Waals surface area contributed by atoms with Crippen LogP contribution in [0.15, 0.2) is 30.3 Å². The minimum atomic E-state index is 0.410. The normalized spacial score (nSPS) is 15.9. The molecule has 94 valence electrons. The molecule has 2 heterocycles. The first kappa shape index (κ1) is 11.9. The van der Waals surface area contributed by atoms with Crippen molar-refractivity contribution in [3.63, 3.8) is 0 Å². The third-order valence-corrected chi connectivity index (χ3v) is 5.40. The van der Waals surface area contributed by atoms with Gasteiger partial charge in [-0.25, -0.2) is 4.58 Å². The highest BCUT2D eigenvalue weighted by Crippen LogP contribution is 2.34. The molecule has 0 saturated carbocycles. The van der Waals surface area contributed by atoms with Gasteiger partial charge >= 0.3 is 3.98 Å². The highest BCUT2D eigenvalue weighted by Gasteiger charge is 2.17. The number of nitrogens with zero attached hydrogens (tertiary/aromatic N) is 1. The smallest absolute Gasteiger partial charge is 0.318 e. The van der Waals surface area contributed by atoms with Gasteiger partial charge in [-0.2, -0.15) is 0 Å². The van der Waals surface area contributed by atoms with E-state index in [0.29, 0.717) is 5.06 Å². The number of hydrogen-bond acceptors (Lipinski definition) is 4. The third-order valence-electron chi connectivity index (χ3n) is 2.87. The van der Waals surface area contributed by atoms with E-state index in [1.807, 2.05) is 30.3 Å². The van der Waals surface area contributed by atoms with Gasteiger partial charge in [0.15, 0.2) is 18.2 Å². The van der Waals surface area contributed by atoms with E-state index in [1.165, 1.54) is 11.3 Å². The number of aromatic hydroxyl groups is 1. The zero-order valence-electron chi connectivity index (χ0n) is 9.83. The zero-order chi connectivity index (χ0) is 12.4. The predicted molar refractivity (Wildman–Crippen MR) is 75.1 cm³/mol. The van der Waals surface area contributed by atoms with Crippen LogP contribution in [0.25, 0.3) is 10.4 Å². The third kappa shape index (κ3) is 2.34. The Kier molecular flexibility index (Phi) is 3.45. The predicted octanol–water partition coefficient (Wildman–Crippen LogP) is 1.98. The minimum absolute atomic E-state index is 0.410. The number of ether oxygens (including phenoxy) is 1. The quantitative estimate of drug-likeness (QED) is 0.810. The first-order chi connectivity index (χ1) is 8.84. The van der Waals surface area contributed by atoms with Gasteiger partial charge in [0.2, 0.25) is 0 Å². The molecule has 1 saturated heterocycles. The molecule has 1 N–H and O–H groups in total. The standard InChI is InChI=1S/C13H13NO2S2/c15-12-11(10-4-2-1-3-5-10)17-13(18-12)14-6-8-16-9-7-14/h1-5H,6-9H2/p+1. The molecule has 3 nitrogen and oxygen atoms in total. The first-order valence-corrected chi connectivity index (χ1v) is 7.52. The van der Waals surface area contributed by atoms with Crippen LogP contribution in [0.2, 0.25) is 0 Å². The van der Waals surface area contributed by atoms with Crippen molar-refractivity contribution in [1.82, 2.24) is 4.58 Å². The molecule has 0 amide bonds. The summed E-state index contributed by atoms with van der Waals surface area (Å²) in [6, 6.07) is 10.0. The lowest BCUT2D eigenvalue weighted by atomic mass is 10.2. The molecule has 3 rings (SSSR count). The second kappa shape index (κ2) is 5.22. The topological polar surface area (TPSA) is 32.5 Å². The SMILES string of the molecule is Oc1sc(=[N+]2CCOCC2)sc1-c1ccccc1. The molecule has 1 aliphatic heterocycles. The zero-order valence-corrected chi connectivity index (χ0v) is 11.5. The molecule has 0 spiro atoms. The maximum atomic E-state index is 10.1. The lowest BCUT2D eigenvalue weighted by Gasteiger charge is -2.08. The van der Waals surface area contributed by atoms with E-state index in [4.69, 9.17) is 4.74 Å². The van der Waals surface area contributed by atoms with E-state index in [9.17, 15) is 5.11 Å². The maximum absolute atomic E-state index is 10.1. The van der Waals surface area contributed by atoms with E-state index >= 15 is 0 Å². The van der Waals surface area contributed by atoms with Crippen molar-refractivity contribution in [1.29, 1.82) is 0 Å². The van der Waals surface area contributed by atoms with E-state index in [0.717, 1.165) is 40.7 Å². The summed E-state index contributed by atoms with van der Waals surface area (Å²) in [4.78, 5) is 0.960. The molecule has 18 heavy (non-hydrogen) atoms. The summed E-state index contributed by atoms with van der Waals surface area (Å²) in [6.07, 6.45) is 0. The fourth-order valence-corrected chi connectivity index (χ4v) is 4.35. The van der Waals surface area contributed by atoms with E-state index < -0.39 is 0 Å². The van der Waals surface area contributed by atoms with Crippen LogP contribution in [0.1, 0.15) is 0 Å². The Morgan fingerprint density at radius 1 is 1.06 bits per heavy atom. The van der Waals surface area contributed by atoms with Crippen LogP contribution in [0, 0.1) is 0 Å². The van der Waals surface area contributed by atoms with Crippen LogP contribution in [-0.2, 0) is 4.74 Å². The van der Waals surface area contributed by atoms with Crippen LogP contribution in [0.3, 0.4) is 0 Å². The molecular formula is C13H14NO2S2+. The Morgan fingerprint density at radius 3 is 2.50 bits per heavy atom. The number of benzene rings is 1. The van der Waals surface area contributed by atoms with E-state index in [2.05, 4.69) is 4.58 Å². The molecular weight excluding hydrogens is 266 g/mol. The fourth-order valence-electron chi connectivity index (χ4n) is 1.93. The molecule has 0 bridgehead atoms. The molecule has 1 aromatic carbocycles. The van der Waals surface area contributed by atoms with Crippen molar-refractivity contribution in [3.05, 3.63) is 34.3 Å². The molecule has 1 aromatic heterocycles. The van der Waals surface area contributed by atoms with Gasteiger partial charge in [-0.15, -0.1) is 0 Å². The second-order valence-corrected chi connectivity index (χ2v) is 6.30. The minimum Gasteiger partial charge on any atom is -0.498 e. The van der Waals surface area contributed by atoms with Gasteiger partial charge in [-0.3, -0.25) is 0 Å². The molecule has 2 aromatic rings. The lowest BCUT2D eigenvalue weighted by molar-refractivity contribution is 0.0976. The summed E-state index contributed by atoms with van der Waals surface area (Å²) < 4.78 is 8.79. The average Bonchev–Trinajstić information content (AvgIpc) is 2.83. The van der Waals surface area contributed by atoms with Gasteiger partial charge in [0, 0.05) is 0 Å². The van der Waals surface area contributed by atoms with Crippen LogP contribution >= 0.6 is 22.7 Å². The Bertz CT molecular complexity index is 593. The maximum Gasteiger partial charge on any atom is 0.318 e. The monoisotopic (exact) mass is 280 g/mol. The first-order valence-electron chi connectivity index (χ1n) is 5.88. The molecule has 0 aliphatic carbocycles. The fraction of sp³-hybridized carbons (Fsp3) is 0.308.